The Morgan fingerprint density at radius 2 is 1.88 bits per heavy atom. The number of aromatic nitrogens is 2. The van der Waals surface area contributed by atoms with Gasteiger partial charge in [0.05, 0.1) is 7.11 Å². The van der Waals surface area contributed by atoms with Crippen molar-refractivity contribution in [3.8, 4) is 16.9 Å². The molecule has 5 heteroatoms. The number of hydrogen-bond acceptors (Lipinski definition) is 5. The Morgan fingerprint density at radius 3 is 2.53 bits per heavy atom. The van der Waals surface area contributed by atoms with Crippen LogP contribution in [0.25, 0.3) is 11.1 Å². The molecule has 1 heterocycles. The zero-order chi connectivity index (χ0) is 12.4. The normalized spacial score (nSPS) is 10.2. The van der Waals surface area contributed by atoms with E-state index in [9.17, 15) is 0 Å². The third-order valence-electron chi connectivity index (χ3n) is 2.55. The highest BCUT2D eigenvalue weighted by Crippen LogP contribution is 2.29. The maximum absolute atomic E-state index is 5.78. The highest BCUT2D eigenvalue weighted by molar-refractivity contribution is 5.76. The minimum absolute atomic E-state index is 0.350. The van der Waals surface area contributed by atoms with Crippen LogP contribution in [0.2, 0.25) is 0 Å². The Bertz CT molecular complexity index is 554. The van der Waals surface area contributed by atoms with Crippen molar-refractivity contribution in [3.05, 3.63) is 29.8 Å². The molecular formula is C12H14N4O. The molecule has 5 nitrogen and oxygen atoms in total. The predicted octanol–water partition coefficient (Wildman–Crippen LogP) is 1.63. The van der Waals surface area contributed by atoms with Crippen LogP contribution < -0.4 is 16.2 Å². The summed E-state index contributed by atoms with van der Waals surface area (Å²) >= 11 is 0. The van der Waals surface area contributed by atoms with Gasteiger partial charge in [0.1, 0.15) is 11.6 Å². The molecule has 0 aliphatic rings. The number of benzene rings is 1. The van der Waals surface area contributed by atoms with Gasteiger partial charge in [0.2, 0.25) is 0 Å². The predicted molar refractivity (Wildman–Crippen MR) is 67.6 cm³/mol. The summed E-state index contributed by atoms with van der Waals surface area (Å²) in [5.74, 6) is 1.55. The van der Waals surface area contributed by atoms with Crippen molar-refractivity contribution in [2.45, 2.75) is 6.92 Å². The van der Waals surface area contributed by atoms with Crippen molar-refractivity contribution in [2.24, 2.45) is 0 Å². The molecular weight excluding hydrogens is 216 g/mol. The molecule has 0 radical (unpaired) electrons. The van der Waals surface area contributed by atoms with Gasteiger partial charge in [-0.05, 0) is 36.2 Å². The van der Waals surface area contributed by atoms with Crippen LogP contribution in [0.4, 0.5) is 11.6 Å². The summed E-state index contributed by atoms with van der Waals surface area (Å²) in [7, 11) is 1.64. The number of ether oxygens (including phenoxy) is 1. The lowest BCUT2D eigenvalue weighted by Gasteiger charge is -2.09. The third-order valence-corrected chi connectivity index (χ3v) is 2.55. The summed E-state index contributed by atoms with van der Waals surface area (Å²) in [6.07, 6.45) is 0. The van der Waals surface area contributed by atoms with Gasteiger partial charge in [0.25, 0.3) is 0 Å². The largest absolute Gasteiger partial charge is 0.496 e. The molecule has 0 amide bonds. The first kappa shape index (κ1) is 11.2. The quantitative estimate of drug-likeness (QED) is 0.818. The Hall–Kier alpha value is -2.30. The van der Waals surface area contributed by atoms with Crippen LogP contribution in [0, 0.1) is 6.92 Å². The van der Waals surface area contributed by atoms with E-state index < -0.39 is 0 Å². The minimum Gasteiger partial charge on any atom is -0.496 e. The van der Waals surface area contributed by atoms with Gasteiger partial charge in [-0.2, -0.15) is 0 Å². The molecule has 4 N–H and O–H groups in total. The van der Waals surface area contributed by atoms with Crippen LogP contribution in [0.5, 0.6) is 5.75 Å². The van der Waals surface area contributed by atoms with Crippen LogP contribution in [-0.4, -0.2) is 17.3 Å². The maximum Gasteiger partial charge on any atom is 0.154 e. The number of nitrogens with two attached hydrogens (primary N) is 2. The third kappa shape index (κ3) is 2.13. The van der Waals surface area contributed by atoms with Crippen molar-refractivity contribution in [1.29, 1.82) is 0 Å². The topological polar surface area (TPSA) is 87.0 Å². The lowest BCUT2D eigenvalue weighted by Crippen LogP contribution is -2.00. The monoisotopic (exact) mass is 230 g/mol. The van der Waals surface area contributed by atoms with E-state index in [0.29, 0.717) is 11.6 Å². The summed E-state index contributed by atoms with van der Waals surface area (Å²) in [6.45, 7) is 1.97. The SMILES string of the molecule is COc1ccc(-c2cc(N)nnc2N)cc1C. The van der Waals surface area contributed by atoms with Gasteiger partial charge in [-0.1, -0.05) is 6.07 Å². The first-order valence-electron chi connectivity index (χ1n) is 5.15. The van der Waals surface area contributed by atoms with Gasteiger partial charge >= 0.3 is 0 Å². The molecule has 0 unspecified atom stereocenters. The van der Waals surface area contributed by atoms with Crippen molar-refractivity contribution < 1.29 is 4.74 Å². The van der Waals surface area contributed by atoms with Crippen LogP contribution >= 0.6 is 0 Å². The van der Waals surface area contributed by atoms with Gasteiger partial charge < -0.3 is 16.2 Å². The zero-order valence-corrected chi connectivity index (χ0v) is 9.77. The highest BCUT2D eigenvalue weighted by atomic mass is 16.5. The Balaban J connectivity index is 2.53. The molecule has 0 saturated carbocycles. The van der Waals surface area contributed by atoms with E-state index >= 15 is 0 Å². The second-order valence-electron chi connectivity index (χ2n) is 3.75. The summed E-state index contributed by atoms with van der Waals surface area (Å²) in [4.78, 5) is 0. The molecule has 1 aromatic carbocycles. The van der Waals surface area contributed by atoms with Crippen molar-refractivity contribution >= 4 is 11.6 Å². The van der Waals surface area contributed by atoms with Crippen molar-refractivity contribution in [1.82, 2.24) is 10.2 Å². The van der Waals surface area contributed by atoms with Crippen LogP contribution in [0.15, 0.2) is 24.3 Å². The van der Waals surface area contributed by atoms with E-state index in [1.807, 2.05) is 25.1 Å². The van der Waals surface area contributed by atoms with Gasteiger partial charge in [0.15, 0.2) is 5.82 Å². The molecule has 0 aliphatic heterocycles. The Kier molecular flexibility index (Phi) is 2.82. The minimum atomic E-state index is 0.350. The maximum atomic E-state index is 5.78. The zero-order valence-electron chi connectivity index (χ0n) is 9.77. The van der Waals surface area contributed by atoms with E-state index in [4.69, 9.17) is 16.2 Å². The fourth-order valence-corrected chi connectivity index (χ4v) is 1.69. The van der Waals surface area contributed by atoms with Crippen LogP contribution in [0.1, 0.15) is 5.56 Å². The van der Waals surface area contributed by atoms with Gasteiger partial charge in [-0.15, -0.1) is 10.2 Å². The molecule has 0 bridgehead atoms. The lowest BCUT2D eigenvalue weighted by atomic mass is 10.0. The van der Waals surface area contributed by atoms with E-state index in [1.54, 1.807) is 13.2 Å². The van der Waals surface area contributed by atoms with Gasteiger partial charge in [-0.25, -0.2) is 0 Å². The van der Waals surface area contributed by atoms with Crippen molar-refractivity contribution in [3.63, 3.8) is 0 Å². The number of anilines is 2. The van der Waals surface area contributed by atoms with Crippen LogP contribution in [0.3, 0.4) is 0 Å². The summed E-state index contributed by atoms with van der Waals surface area (Å²) in [6, 6.07) is 7.49. The van der Waals surface area contributed by atoms with E-state index in [0.717, 1.165) is 22.4 Å². The molecule has 0 spiro atoms. The number of rotatable bonds is 2. The second-order valence-corrected chi connectivity index (χ2v) is 3.75. The number of aryl methyl sites for hydroxylation is 1. The van der Waals surface area contributed by atoms with E-state index in [1.165, 1.54) is 0 Å². The molecule has 17 heavy (non-hydrogen) atoms. The molecule has 0 atom stereocenters. The average molecular weight is 230 g/mol. The lowest BCUT2D eigenvalue weighted by molar-refractivity contribution is 0.412. The molecule has 2 aromatic rings. The molecule has 0 aliphatic carbocycles. The second kappa shape index (κ2) is 4.29. The highest BCUT2D eigenvalue weighted by Gasteiger charge is 2.07. The smallest absolute Gasteiger partial charge is 0.154 e. The first-order chi connectivity index (χ1) is 8.11. The van der Waals surface area contributed by atoms with E-state index in [2.05, 4.69) is 10.2 Å². The fraction of sp³-hybridized carbons (Fsp3) is 0.167. The molecule has 0 saturated heterocycles. The molecule has 2 rings (SSSR count). The van der Waals surface area contributed by atoms with Crippen molar-refractivity contribution in [2.75, 3.05) is 18.6 Å². The van der Waals surface area contributed by atoms with E-state index in [-0.39, 0.29) is 0 Å². The molecule has 1 aromatic heterocycles. The first-order valence-corrected chi connectivity index (χ1v) is 5.15. The Morgan fingerprint density at radius 1 is 1.12 bits per heavy atom. The summed E-state index contributed by atoms with van der Waals surface area (Å²) < 4.78 is 5.21. The molecule has 88 valence electrons. The number of methoxy groups -OCH3 is 1. The Labute approximate surface area is 99.4 Å². The average Bonchev–Trinajstić information content (AvgIpc) is 2.32. The number of nitrogen functional groups attached to an aromatic ring is 2. The number of hydrogen-bond donors (Lipinski definition) is 2. The number of nitrogens with zero attached hydrogens (tertiary/aromatic N) is 2. The van der Waals surface area contributed by atoms with Gasteiger partial charge in [0, 0.05) is 5.56 Å². The van der Waals surface area contributed by atoms with Crippen LogP contribution in [-0.2, 0) is 0 Å². The summed E-state index contributed by atoms with van der Waals surface area (Å²) in [5.41, 5.74) is 14.1. The fourth-order valence-electron chi connectivity index (χ4n) is 1.69. The standard InChI is InChI=1S/C12H14N4O/c1-7-5-8(3-4-10(7)17-2)9-6-11(13)15-16-12(9)14/h3-6H,1-2H3,(H2,13,15)(H2,14,16). The summed E-state index contributed by atoms with van der Waals surface area (Å²) in [5, 5.41) is 7.50. The molecule has 0 fully saturated rings. The van der Waals surface area contributed by atoms with Gasteiger partial charge in [-0.3, -0.25) is 0 Å².